The summed E-state index contributed by atoms with van der Waals surface area (Å²) < 4.78 is 45.6. The number of benzene rings is 1. The molecule has 1 saturated heterocycles. The quantitative estimate of drug-likeness (QED) is 0.623. The van der Waals surface area contributed by atoms with Gasteiger partial charge in [0.2, 0.25) is 15.9 Å². The Morgan fingerprint density at radius 1 is 1.37 bits per heavy atom. The summed E-state index contributed by atoms with van der Waals surface area (Å²) in [7, 11) is -3.70. The van der Waals surface area contributed by atoms with E-state index in [-0.39, 0.29) is 35.5 Å². The number of carbonyl (C=O) groups is 1. The molecule has 1 aliphatic heterocycles. The number of hydrogen-bond donors (Lipinski definition) is 1. The molecule has 0 unspecified atom stereocenters. The van der Waals surface area contributed by atoms with Crippen molar-refractivity contribution in [1.29, 1.82) is 0 Å². The van der Waals surface area contributed by atoms with Crippen LogP contribution in [0.15, 0.2) is 18.2 Å². The summed E-state index contributed by atoms with van der Waals surface area (Å²) in [6.45, 7) is 4.20. The molecule has 6 nitrogen and oxygen atoms in total. The Morgan fingerprint density at radius 3 is 2.70 bits per heavy atom. The maximum absolute atomic E-state index is 13.9. The third-order valence-electron chi connectivity index (χ3n) is 4.58. The fourth-order valence-electron chi connectivity index (χ4n) is 3.01. The van der Waals surface area contributed by atoms with E-state index in [0.29, 0.717) is 32.6 Å². The first kappa shape index (κ1) is 22.1. The fourth-order valence-corrected chi connectivity index (χ4v) is 4.93. The van der Waals surface area contributed by atoms with E-state index in [1.54, 1.807) is 0 Å². The van der Waals surface area contributed by atoms with Gasteiger partial charge in [-0.1, -0.05) is 17.7 Å². The van der Waals surface area contributed by atoms with Gasteiger partial charge in [-0.05, 0) is 38.3 Å². The minimum atomic E-state index is -3.70. The van der Waals surface area contributed by atoms with Crippen LogP contribution < -0.4 is 5.32 Å². The second-order valence-corrected chi connectivity index (χ2v) is 8.85. The Balaban J connectivity index is 1.84. The van der Waals surface area contributed by atoms with Crippen LogP contribution in [0.3, 0.4) is 0 Å². The Labute approximate surface area is 165 Å². The molecule has 1 heterocycles. The number of nitrogens with one attached hydrogen (secondary N) is 1. The molecule has 1 amide bonds. The maximum Gasteiger partial charge on any atom is 0.223 e. The normalized spacial score (nSPS) is 16.4. The first-order valence-corrected chi connectivity index (χ1v) is 11.1. The molecule has 1 fully saturated rings. The number of halogens is 2. The highest BCUT2D eigenvalue weighted by Crippen LogP contribution is 2.26. The van der Waals surface area contributed by atoms with Gasteiger partial charge in [-0.25, -0.2) is 17.1 Å². The third-order valence-corrected chi connectivity index (χ3v) is 6.73. The third kappa shape index (κ3) is 6.41. The standard InChI is InChI=1S/C18H26ClFN2O4S/c1-2-26-12-4-9-21-18(23)14-7-10-22(11-8-14)27(24,25)13-15-16(19)5-3-6-17(15)20/h3,5-6,14H,2,4,7-13H2,1H3,(H,21,23). The van der Waals surface area contributed by atoms with Crippen molar-refractivity contribution in [1.82, 2.24) is 9.62 Å². The minimum absolute atomic E-state index is 0.0201. The summed E-state index contributed by atoms with van der Waals surface area (Å²) in [4.78, 5) is 12.2. The number of sulfonamides is 1. The van der Waals surface area contributed by atoms with Crippen LogP contribution in [0.1, 0.15) is 31.7 Å². The van der Waals surface area contributed by atoms with Crippen molar-refractivity contribution < 1.29 is 22.3 Å². The number of rotatable bonds is 9. The summed E-state index contributed by atoms with van der Waals surface area (Å²) in [5, 5.41) is 2.96. The molecular weight excluding hydrogens is 395 g/mol. The lowest BCUT2D eigenvalue weighted by molar-refractivity contribution is -0.126. The van der Waals surface area contributed by atoms with E-state index in [1.165, 1.54) is 22.5 Å². The van der Waals surface area contributed by atoms with E-state index in [0.717, 1.165) is 6.42 Å². The zero-order valence-corrected chi connectivity index (χ0v) is 17.0. The van der Waals surface area contributed by atoms with Gasteiger partial charge in [-0.2, -0.15) is 0 Å². The highest BCUT2D eigenvalue weighted by atomic mass is 35.5. The number of nitrogens with zero attached hydrogens (tertiary/aromatic N) is 1. The molecule has 9 heteroatoms. The van der Waals surface area contributed by atoms with Gasteiger partial charge in [0.1, 0.15) is 5.82 Å². The fraction of sp³-hybridized carbons (Fsp3) is 0.611. The zero-order valence-electron chi connectivity index (χ0n) is 15.4. The molecule has 152 valence electrons. The van der Waals surface area contributed by atoms with Gasteiger partial charge in [0, 0.05) is 49.4 Å². The molecular formula is C18H26ClFN2O4S. The smallest absolute Gasteiger partial charge is 0.223 e. The van der Waals surface area contributed by atoms with Gasteiger partial charge in [0.15, 0.2) is 0 Å². The Bertz CT molecular complexity index is 717. The van der Waals surface area contributed by atoms with Gasteiger partial charge >= 0.3 is 0 Å². The van der Waals surface area contributed by atoms with Crippen molar-refractivity contribution in [3.8, 4) is 0 Å². The Morgan fingerprint density at radius 2 is 2.07 bits per heavy atom. The molecule has 0 aliphatic carbocycles. The van der Waals surface area contributed by atoms with Crippen molar-refractivity contribution in [2.75, 3.05) is 32.8 Å². The summed E-state index contributed by atoms with van der Waals surface area (Å²) in [5.41, 5.74) is -0.0201. The monoisotopic (exact) mass is 420 g/mol. The van der Waals surface area contributed by atoms with Gasteiger partial charge < -0.3 is 10.1 Å². The van der Waals surface area contributed by atoms with Crippen molar-refractivity contribution in [3.63, 3.8) is 0 Å². The summed E-state index contributed by atoms with van der Waals surface area (Å²) in [6, 6.07) is 4.10. The molecule has 0 atom stereocenters. The van der Waals surface area contributed by atoms with E-state index < -0.39 is 21.6 Å². The van der Waals surface area contributed by atoms with Gasteiger partial charge in [-0.15, -0.1) is 0 Å². The van der Waals surface area contributed by atoms with Crippen LogP contribution in [0.25, 0.3) is 0 Å². The second kappa shape index (κ2) is 10.4. The summed E-state index contributed by atoms with van der Waals surface area (Å²) in [5.74, 6) is -1.37. The SMILES string of the molecule is CCOCCCNC(=O)C1CCN(S(=O)(=O)Cc2c(F)cccc2Cl)CC1. The predicted molar refractivity (Wildman–Crippen MR) is 102 cm³/mol. The number of amides is 1. The predicted octanol–water partition coefficient (Wildman–Crippen LogP) is 2.56. The van der Waals surface area contributed by atoms with E-state index in [9.17, 15) is 17.6 Å². The van der Waals surface area contributed by atoms with E-state index in [4.69, 9.17) is 16.3 Å². The maximum atomic E-state index is 13.9. The number of piperidine rings is 1. The van der Waals surface area contributed by atoms with Crippen LogP contribution in [-0.4, -0.2) is 51.5 Å². The highest BCUT2D eigenvalue weighted by Gasteiger charge is 2.32. The molecule has 1 aromatic rings. The van der Waals surface area contributed by atoms with Gasteiger partial charge in [0.05, 0.1) is 5.75 Å². The molecule has 0 bridgehead atoms. The Kier molecular flexibility index (Phi) is 8.47. The largest absolute Gasteiger partial charge is 0.382 e. The lowest BCUT2D eigenvalue weighted by Crippen LogP contribution is -2.43. The first-order chi connectivity index (χ1) is 12.8. The van der Waals surface area contributed by atoms with Gasteiger partial charge in [-0.3, -0.25) is 4.79 Å². The topological polar surface area (TPSA) is 75.7 Å². The van der Waals surface area contributed by atoms with Crippen LogP contribution >= 0.6 is 11.6 Å². The summed E-state index contributed by atoms with van der Waals surface area (Å²) >= 11 is 5.93. The average Bonchev–Trinajstić information content (AvgIpc) is 2.64. The van der Waals surface area contributed by atoms with Crippen LogP contribution in [0, 0.1) is 11.7 Å². The van der Waals surface area contributed by atoms with Crippen molar-refractivity contribution >= 4 is 27.5 Å². The summed E-state index contributed by atoms with van der Waals surface area (Å²) in [6.07, 6.45) is 1.64. The lowest BCUT2D eigenvalue weighted by atomic mass is 9.97. The van der Waals surface area contributed by atoms with Crippen LogP contribution in [0.4, 0.5) is 4.39 Å². The van der Waals surface area contributed by atoms with E-state index in [1.807, 2.05) is 6.92 Å². The zero-order chi connectivity index (χ0) is 19.9. The number of hydrogen-bond acceptors (Lipinski definition) is 4. The van der Waals surface area contributed by atoms with Gasteiger partial charge in [0.25, 0.3) is 0 Å². The molecule has 1 aromatic carbocycles. The molecule has 0 aromatic heterocycles. The van der Waals surface area contributed by atoms with Crippen LogP contribution in [0.5, 0.6) is 0 Å². The number of ether oxygens (including phenoxy) is 1. The minimum Gasteiger partial charge on any atom is -0.382 e. The second-order valence-electron chi connectivity index (χ2n) is 6.47. The molecule has 2 rings (SSSR count). The van der Waals surface area contributed by atoms with E-state index in [2.05, 4.69) is 5.32 Å². The number of carbonyl (C=O) groups excluding carboxylic acids is 1. The molecule has 27 heavy (non-hydrogen) atoms. The van der Waals surface area contributed by atoms with Crippen molar-refractivity contribution in [2.45, 2.75) is 31.9 Å². The molecule has 1 N–H and O–H groups in total. The van der Waals surface area contributed by atoms with Crippen molar-refractivity contribution in [2.24, 2.45) is 5.92 Å². The molecule has 0 radical (unpaired) electrons. The first-order valence-electron chi connectivity index (χ1n) is 9.11. The van der Waals surface area contributed by atoms with Crippen LogP contribution in [-0.2, 0) is 25.3 Å². The molecule has 1 aliphatic rings. The van der Waals surface area contributed by atoms with E-state index >= 15 is 0 Å². The average molecular weight is 421 g/mol. The molecule has 0 saturated carbocycles. The lowest BCUT2D eigenvalue weighted by Gasteiger charge is -2.30. The highest BCUT2D eigenvalue weighted by molar-refractivity contribution is 7.88. The van der Waals surface area contributed by atoms with Crippen LogP contribution in [0.2, 0.25) is 5.02 Å². The molecule has 0 spiro atoms. The van der Waals surface area contributed by atoms with Crippen molar-refractivity contribution in [3.05, 3.63) is 34.6 Å². The Hall–Kier alpha value is -1.22.